The van der Waals surface area contributed by atoms with Crippen molar-refractivity contribution in [3.8, 4) is 0 Å². The summed E-state index contributed by atoms with van der Waals surface area (Å²) < 4.78 is 7.94. The molecule has 0 aliphatic rings. The van der Waals surface area contributed by atoms with E-state index in [2.05, 4.69) is 15.7 Å². The molecule has 0 aliphatic carbocycles. The molecule has 0 unspecified atom stereocenters. The van der Waals surface area contributed by atoms with Crippen LogP contribution in [0.15, 0.2) is 0 Å². The summed E-state index contributed by atoms with van der Waals surface area (Å²) in [6.07, 6.45) is 0. The standard InChI is InChI=1S/Co.Li.Mn.O.H. The molecule has 4 heteroatoms. The Kier molecular flexibility index (Phi) is 116. The topological polar surface area (TPSA) is 17.1 Å². The first-order valence-electron chi connectivity index (χ1n) is 0.136. The van der Waals surface area contributed by atoms with E-state index in [0.29, 0.717) is 0 Å². The van der Waals surface area contributed by atoms with Gasteiger partial charge in [0.1, 0.15) is 0 Å². The van der Waals surface area contributed by atoms with E-state index in [9.17, 15) is 0 Å². The summed E-state index contributed by atoms with van der Waals surface area (Å²) in [6, 6.07) is 0. The first-order valence-corrected chi connectivity index (χ1v) is 0.561. The molecule has 0 bridgehead atoms. The second-order valence-electron chi connectivity index (χ2n) is 0. The van der Waals surface area contributed by atoms with Crippen molar-refractivity contribution in [2.45, 2.75) is 0 Å². The molecule has 0 rings (SSSR count). The van der Waals surface area contributed by atoms with Gasteiger partial charge in [0.25, 0.3) is 0 Å². The minimum absolute atomic E-state index is 0. The van der Waals surface area contributed by atoms with Gasteiger partial charge in [0.05, 0.1) is 0 Å². The normalized spacial score (nSPS) is 1.25. The van der Waals surface area contributed by atoms with Crippen molar-refractivity contribution < 1.29 is 36.6 Å². The zero-order valence-corrected chi connectivity index (χ0v) is 3.34. The monoisotopic (exact) mass is 138 g/mol. The third-order valence-electron chi connectivity index (χ3n) is 0. The van der Waals surface area contributed by atoms with Crippen molar-refractivity contribution >= 4 is 18.9 Å². The molecule has 0 aromatic rings. The van der Waals surface area contributed by atoms with Crippen LogP contribution in [0.2, 0.25) is 0 Å². The van der Waals surface area contributed by atoms with Crippen molar-refractivity contribution in [2.24, 2.45) is 0 Å². The van der Waals surface area contributed by atoms with E-state index in [1.165, 1.54) is 0 Å². The fourth-order valence-electron chi connectivity index (χ4n) is 0. The Morgan fingerprint density at radius 3 is 1.25 bits per heavy atom. The fraction of sp³-hybridized carbons (Fsp3) is 0. The molecule has 0 spiro atoms. The van der Waals surface area contributed by atoms with E-state index < -0.39 is 0 Å². The molecular formula is HCoLiMnO. The van der Waals surface area contributed by atoms with Crippen molar-refractivity contribution in [3.63, 3.8) is 0 Å². The summed E-state index contributed by atoms with van der Waals surface area (Å²) in [5.41, 5.74) is 0. The van der Waals surface area contributed by atoms with E-state index in [0.717, 1.165) is 0 Å². The summed E-state index contributed by atoms with van der Waals surface area (Å²) in [4.78, 5) is 0. The van der Waals surface area contributed by atoms with Crippen molar-refractivity contribution in [3.05, 3.63) is 0 Å². The molecule has 0 atom stereocenters. The molecule has 1 radical (unpaired) electrons. The molecule has 0 saturated carbocycles. The van der Waals surface area contributed by atoms with E-state index in [-0.39, 0.29) is 35.9 Å². The van der Waals surface area contributed by atoms with Crippen molar-refractivity contribution in [1.29, 1.82) is 0 Å². The van der Waals surface area contributed by atoms with Gasteiger partial charge in [-0.3, -0.25) is 0 Å². The van der Waals surface area contributed by atoms with Crippen LogP contribution in [0.1, 0.15) is 0 Å². The fourth-order valence-corrected chi connectivity index (χ4v) is 0. The van der Waals surface area contributed by atoms with Crippen LogP contribution in [0.25, 0.3) is 0 Å². The van der Waals surface area contributed by atoms with Crippen LogP contribution in [0.3, 0.4) is 0 Å². The van der Waals surface area contributed by atoms with Crippen LogP contribution in [-0.2, 0) is 36.6 Å². The Hall–Kier alpha value is 1.42. The van der Waals surface area contributed by atoms with Crippen LogP contribution in [0.4, 0.5) is 0 Å². The summed E-state index contributed by atoms with van der Waals surface area (Å²) in [7, 11) is 0. The Labute approximate surface area is 55.3 Å². The van der Waals surface area contributed by atoms with Crippen LogP contribution in [-0.4, -0.2) is 18.9 Å². The molecule has 0 aliphatic heterocycles. The Morgan fingerprint density at radius 2 is 1.25 bits per heavy atom. The maximum absolute atomic E-state index is 7.94. The minimum atomic E-state index is 0. The van der Waals surface area contributed by atoms with Gasteiger partial charge in [0, 0.05) is 17.1 Å². The molecular weight excluding hydrogens is 137 g/mol. The van der Waals surface area contributed by atoms with Gasteiger partial charge in [-0.25, -0.2) is 0 Å². The summed E-state index contributed by atoms with van der Waals surface area (Å²) >= 11 is 2.31. The van der Waals surface area contributed by atoms with Crippen LogP contribution >= 0.6 is 0 Å². The van der Waals surface area contributed by atoms with Gasteiger partial charge in [0.15, 0.2) is 0 Å². The van der Waals surface area contributed by atoms with Crippen molar-refractivity contribution in [2.75, 3.05) is 0 Å². The predicted molar refractivity (Wildman–Crippen MR) is 7.84 cm³/mol. The van der Waals surface area contributed by atoms with Gasteiger partial charge in [-0.15, -0.1) is 0 Å². The molecule has 0 heterocycles. The number of hydrogen-bond donors (Lipinski definition) is 0. The SMILES string of the molecule is [LiH].[Mn].[O]=[Co]. The second-order valence-corrected chi connectivity index (χ2v) is 0. The van der Waals surface area contributed by atoms with E-state index in [1.54, 1.807) is 0 Å². The molecule has 1 nitrogen and oxygen atoms in total. The molecule has 0 aromatic heterocycles. The van der Waals surface area contributed by atoms with E-state index >= 15 is 0 Å². The van der Waals surface area contributed by atoms with Crippen LogP contribution < -0.4 is 0 Å². The Bertz CT molecular complexity index is 8.00. The molecule has 0 amide bonds. The van der Waals surface area contributed by atoms with Gasteiger partial charge in [0.2, 0.25) is 0 Å². The third kappa shape index (κ3) is 9.92. The summed E-state index contributed by atoms with van der Waals surface area (Å²) in [5.74, 6) is 0. The summed E-state index contributed by atoms with van der Waals surface area (Å²) in [6.45, 7) is 0. The predicted octanol–water partition coefficient (Wildman–Crippen LogP) is -0.772. The Morgan fingerprint density at radius 1 is 1.25 bits per heavy atom. The average Bonchev–Trinajstić information content (AvgIpc) is 1.00. The summed E-state index contributed by atoms with van der Waals surface area (Å²) in [5, 5.41) is 0. The Balaban J connectivity index is -0.00000000500. The second kappa shape index (κ2) is 25.6. The van der Waals surface area contributed by atoms with Crippen molar-refractivity contribution in [1.82, 2.24) is 0 Å². The molecule has 0 saturated heterocycles. The van der Waals surface area contributed by atoms with Gasteiger partial charge in [-0.1, -0.05) is 0 Å². The van der Waals surface area contributed by atoms with Crippen LogP contribution in [0, 0.1) is 0 Å². The average molecular weight is 138 g/mol. The van der Waals surface area contributed by atoms with Crippen LogP contribution in [0.5, 0.6) is 0 Å². The zero-order chi connectivity index (χ0) is 2.00. The van der Waals surface area contributed by atoms with E-state index in [4.69, 9.17) is 3.87 Å². The number of rotatable bonds is 0. The van der Waals surface area contributed by atoms with Gasteiger partial charge in [-0.2, -0.15) is 0 Å². The van der Waals surface area contributed by atoms with Gasteiger partial charge < -0.3 is 0 Å². The number of hydrogen-bond acceptors (Lipinski definition) is 1. The molecule has 24 valence electrons. The molecule has 4 heavy (non-hydrogen) atoms. The maximum atomic E-state index is 7.94. The van der Waals surface area contributed by atoms with Gasteiger partial charge in [-0.05, 0) is 0 Å². The first-order chi connectivity index (χ1) is 1.00. The molecule has 0 N–H and O–H groups in total. The zero-order valence-electron chi connectivity index (χ0n) is 1.12. The third-order valence-corrected chi connectivity index (χ3v) is 0. The van der Waals surface area contributed by atoms with E-state index in [1.807, 2.05) is 0 Å². The quantitative estimate of drug-likeness (QED) is 0.401. The molecule has 0 aromatic carbocycles. The first kappa shape index (κ1) is 18.1. The van der Waals surface area contributed by atoms with Gasteiger partial charge >= 0.3 is 38.4 Å². The molecule has 0 fully saturated rings.